The predicted molar refractivity (Wildman–Crippen MR) is 104 cm³/mol. The Morgan fingerprint density at radius 2 is 1.65 bits per heavy atom. The minimum atomic E-state index is -3.54. The number of carbonyl (C=O) groups excluding carboxylic acids is 1. The quantitative estimate of drug-likeness (QED) is 0.636. The van der Waals surface area contributed by atoms with Crippen LogP contribution in [0.15, 0.2) is 53.4 Å². The first kappa shape index (κ1) is 20.4. The number of amides is 1. The average molecular weight is 395 g/mol. The van der Waals surface area contributed by atoms with Gasteiger partial charge < -0.3 is 5.32 Å². The van der Waals surface area contributed by atoms with Gasteiger partial charge in [-0.1, -0.05) is 43.5 Å². The zero-order valence-corrected chi connectivity index (χ0v) is 16.2. The summed E-state index contributed by atoms with van der Waals surface area (Å²) in [6.07, 6.45) is 2.82. The molecule has 2 rings (SSSR count). The second-order valence-corrected chi connectivity index (χ2v) is 8.14. The van der Waals surface area contributed by atoms with Crippen LogP contribution in [-0.4, -0.2) is 20.9 Å². The second kappa shape index (κ2) is 9.71. The lowest BCUT2D eigenvalue weighted by Crippen LogP contribution is -2.25. The van der Waals surface area contributed by atoms with Crippen molar-refractivity contribution in [3.63, 3.8) is 0 Å². The van der Waals surface area contributed by atoms with E-state index >= 15 is 0 Å². The third kappa shape index (κ3) is 6.12. The molecule has 140 valence electrons. The first-order valence-corrected chi connectivity index (χ1v) is 10.4. The van der Waals surface area contributed by atoms with Crippen molar-refractivity contribution in [2.24, 2.45) is 0 Å². The normalized spacial score (nSPS) is 11.3. The van der Waals surface area contributed by atoms with Crippen molar-refractivity contribution in [3.8, 4) is 0 Å². The number of sulfonamides is 1. The largest absolute Gasteiger partial charge is 0.348 e. The van der Waals surface area contributed by atoms with Gasteiger partial charge in [0.2, 0.25) is 10.0 Å². The Bertz CT molecular complexity index is 819. The topological polar surface area (TPSA) is 75.3 Å². The van der Waals surface area contributed by atoms with E-state index in [1.54, 1.807) is 12.1 Å². The van der Waals surface area contributed by atoms with Gasteiger partial charge >= 0.3 is 0 Å². The highest BCUT2D eigenvalue weighted by atomic mass is 35.5. The summed E-state index contributed by atoms with van der Waals surface area (Å²) < 4.78 is 27.0. The molecule has 2 aromatic carbocycles. The van der Waals surface area contributed by atoms with E-state index in [-0.39, 0.29) is 10.8 Å². The van der Waals surface area contributed by atoms with E-state index in [2.05, 4.69) is 17.0 Å². The van der Waals surface area contributed by atoms with Gasteiger partial charge in [0, 0.05) is 23.7 Å². The van der Waals surface area contributed by atoms with Crippen LogP contribution in [0.5, 0.6) is 0 Å². The van der Waals surface area contributed by atoms with Gasteiger partial charge in [0.05, 0.1) is 4.90 Å². The number of unbranched alkanes of at least 4 members (excludes halogenated alkanes) is 2. The lowest BCUT2D eigenvalue weighted by molar-refractivity contribution is 0.0951. The van der Waals surface area contributed by atoms with Crippen molar-refractivity contribution in [1.29, 1.82) is 0 Å². The van der Waals surface area contributed by atoms with Crippen LogP contribution < -0.4 is 10.0 Å². The standard InChI is InChI=1S/C19H23ClN2O3S/c1-2-3-4-13-22-26(24,25)18-11-7-16(8-12-18)19(23)21-14-15-5-9-17(20)10-6-15/h5-12,22H,2-4,13-14H2,1H3,(H,21,23). The summed E-state index contributed by atoms with van der Waals surface area (Å²) >= 11 is 5.83. The number of nitrogens with one attached hydrogen (secondary N) is 2. The molecule has 0 aliphatic carbocycles. The fourth-order valence-corrected chi connectivity index (χ4v) is 3.54. The van der Waals surface area contributed by atoms with Gasteiger partial charge in [0.15, 0.2) is 0 Å². The molecule has 0 aromatic heterocycles. The number of hydrogen-bond donors (Lipinski definition) is 2. The molecule has 0 atom stereocenters. The molecule has 2 N–H and O–H groups in total. The first-order chi connectivity index (χ1) is 12.4. The van der Waals surface area contributed by atoms with Crippen molar-refractivity contribution in [2.45, 2.75) is 37.6 Å². The van der Waals surface area contributed by atoms with Crippen LogP contribution in [0.2, 0.25) is 5.02 Å². The zero-order valence-electron chi connectivity index (χ0n) is 14.7. The van der Waals surface area contributed by atoms with Gasteiger partial charge in [-0.05, 0) is 48.4 Å². The average Bonchev–Trinajstić information content (AvgIpc) is 2.65. The molecule has 0 bridgehead atoms. The predicted octanol–water partition coefficient (Wildman–Crippen LogP) is 3.74. The molecule has 7 heteroatoms. The van der Waals surface area contributed by atoms with Crippen molar-refractivity contribution in [3.05, 3.63) is 64.7 Å². The minimum absolute atomic E-state index is 0.156. The number of hydrogen-bond acceptors (Lipinski definition) is 3. The third-order valence-electron chi connectivity index (χ3n) is 3.87. The van der Waals surface area contributed by atoms with Gasteiger partial charge in [-0.15, -0.1) is 0 Å². The maximum Gasteiger partial charge on any atom is 0.251 e. The lowest BCUT2D eigenvalue weighted by atomic mass is 10.2. The number of halogens is 1. The number of benzene rings is 2. The summed E-state index contributed by atoms with van der Waals surface area (Å²) in [5, 5.41) is 3.43. The van der Waals surface area contributed by atoms with Crippen molar-refractivity contribution < 1.29 is 13.2 Å². The molecule has 0 saturated heterocycles. The summed E-state index contributed by atoms with van der Waals surface area (Å²) in [6, 6.07) is 13.1. The minimum Gasteiger partial charge on any atom is -0.348 e. The Labute approximate surface area is 159 Å². The van der Waals surface area contributed by atoms with E-state index in [4.69, 9.17) is 11.6 Å². The maximum absolute atomic E-state index is 12.2. The molecule has 0 spiro atoms. The van der Waals surface area contributed by atoms with Crippen LogP contribution in [0.1, 0.15) is 42.1 Å². The molecule has 0 fully saturated rings. The van der Waals surface area contributed by atoms with Gasteiger partial charge in [0.25, 0.3) is 5.91 Å². The first-order valence-electron chi connectivity index (χ1n) is 8.55. The fraction of sp³-hybridized carbons (Fsp3) is 0.316. The molecule has 0 aliphatic heterocycles. The molecule has 26 heavy (non-hydrogen) atoms. The SMILES string of the molecule is CCCCCNS(=O)(=O)c1ccc(C(=O)NCc2ccc(Cl)cc2)cc1. The monoisotopic (exact) mass is 394 g/mol. The van der Waals surface area contributed by atoms with E-state index in [0.717, 1.165) is 24.8 Å². The van der Waals surface area contributed by atoms with E-state index in [1.807, 2.05) is 12.1 Å². The van der Waals surface area contributed by atoms with Gasteiger partial charge in [-0.25, -0.2) is 13.1 Å². The molecule has 0 radical (unpaired) electrons. The van der Waals surface area contributed by atoms with Crippen LogP contribution in [0.3, 0.4) is 0 Å². The molecule has 2 aromatic rings. The molecular formula is C19H23ClN2O3S. The van der Waals surface area contributed by atoms with E-state index in [0.29, 0.717) is 23.7 Å². The summed E-state index contributed by atoms with van der Waals surface area (Å²) in [5.74, 6) is -0.264. The fourth-order valence-electron chi connectivity index (χ4n) is 2.34. The van der Waals surface area contributed by atoms with Crippen LogP contribution in [0, 0.1) is 0 Å². The summed E-state index contributed by atoms with van der Waals surface area (Å²) in [4.78, 5) is 12.3. The van der Waals surface area contributed by atoms with Gasteiger partial charge in [-0.3, -0.25) is 4.79 Å². The molecule has 1 amide bonds. The number of rotatable bonds is 9. The molecular weight excluding hydrogens is 372 g/mol. The van der Waals surface area contributed by atoms with Crippen LogP contribution >= 0.6 is 11.6 Å². The molecule has 5 nitrogen and oxygen atoms in total. The Balaban J connectivity index is 1.93. The van der Waals surface area contributed by atoms with Crippen LogP contribution in [0.4, 0.5) is 0 Å². The van der Waals surface area contributed by atoms with Crippen LogP contribution in [0.25, 0.3) is 0 Å². The smallest absolute Gasteiger partial charge is 0.251 e. The number of carbonyl (C=O) groups is 1. The molecule has 0 unspecified atom stereocenters. The summed E-state index contributed by atoms with van der Waals surface area (Å²) in [7, 11) is -3.54. The summed E-state index contributed by atoms with van der Waals surface area (Å²) in [6.45, 7) is 2.85. The highest BCUT2D eigenvalue weighted by Crippen LogP contribution is 2.12. The van der Waals surface area contributed by atoms with Crippen molar-refractivity contribution in [2.75, 3.05) is 6.54 Å². The summed E-state index contributed by atoms with van der Waals surface area (Å²) in [5.41, 5.74) is 1.34. The lowest BCUT2D eigenvalue weighted by Gasteiger charge is -2.08. The molecule has 0 heterocycles. The molecule has 0 aliphatic rings. The van der Waals surface area contributed by atoms with Crippen molar-refractivity contribution >= 4 is 27.5 Å². The van der Waals surface area contributed by atoms with Crippen molar-refractivity contribution in [1.82, 2.24) is 10.0 Å². The third-order valence-corrected chi connectivity index (χ3v) is 5.59. The Kier molecular flexibility index (Phi) is 7.63. The van der Waals surface area contributed by atoms with Crippen LogP contribution in [-0.2, 0) is 16.6 Å². The highest BCUT2D eigenvalue weighted by molar-refractivity contribution is 7.89. The van der Waals surface area contributed by atoms with Gasteiger partial charge in [-0.2, -0.15) is 0 Å². The molecule has 0 saturated carbocycles. The van der Waals surface area contributed by atoms with Gasteiger partial charge in [0.1, 0.15) is 0 Å². The maximum atomic E-state index is 12.2. The zero-order chi connectivity index (χ0) is 19.0. The van der Waals surface area contributed by atoms with E-state index in [1.165, 1.54) is 24.3 Å². The Morgan fingerprint density at radius 3 is 2.27 bits per heavy atom. The van der Waals surface area contributed by atoms with E-state index in [9.17, 15) is 13.2 Å². The second-order valence-electron chi connectivity index (χ2n) is 5.94. The highest BCUT2D eigenvalue weighted by Gasteiger charge is 2.14. The van der Waals surface area contributed by atoms with E-state index < -0.39 is 10.0 Å². The Morgan fingerprint density at radius 1 is 1.00 bits per heavy atom. The Hall–Kier alpha value is -1.89.